The van der Waals surface area contributed by atoms with Crippen molar-refractivity contribution in [2.45, 2.75) is 5.92 Å². The van der Waals surface area contributed by atoms with Crippen LogP contribution >= 0.6 is 0 Å². The summed E-state index contributed by atoms with van der Waals surface area (Å²) in [6, 6.07) is 18.5. The molecule has 2 aromatic carbocycles. The summed E-state index contributed by atoms with van der Waals surface area (Å²) >= 11 is 0. The lowest BCUT2D eigenvalue weighted by Crippen LogP contribution is -2.30. The smallest absolute Gasteiger partial charge is 0.244 e. The summed E-state index contributed by atoms with van der Waals surface area (Å²) in [7, 11) is 0. The van der Waals surface area contributed by atoms with Gasteiger partial charge in [0.05, 0.1) is 17.3 Å². The van der Waals surface area contributed by atoms with Gasteiger partial charge >= 0.3 is 0 Å². The highest BCUT2D eigenvalue weighted by Crippen LogP contribution is 2.45. The molecule has 3 N–H and O–H groups in total. The van der Waals surface area contributed by atoms with Crippen molar-refractivity contribution in [3.63, 3.8) is 0 Å². The highest BCUT2D eigenvalue weighted by Gasteiger charge is 2.40. The third kappa shape index (κ3) is 2.42. The van der Waals surface area contributed by atoms with Crippen LogP contribution in [0.15, 0.2) is 54.6 Å². The number of phenolic OH excluding ortho intramolecular Hbond substituents is 1. The van der Waals surface area contributed by atoms with Gasteiger partial charge in [-0.05, 0) is 23.3 Å². The van der Waals surface area contributed by atoms with E-state index in [1.807, 2.05) is 30.3 Å². The molecule has 25 heavy (non-hydrogen) atoms. The zero-order valence-electron chi connectivity index (χ0n) is 13.1. The average Bonchev–Trinajstić information content (AvgIpc) is 3.05. The molecular weight excluding hydrogens is 316 g/mol. The van der Waals surface area contributed by atoms with Crippen molar-refractivity contribution in [2.24, 2.45) is 5.92 Å². The molecule has 2 atom stereocenters. The number of aromatic hydroxyl groups is 1. The van der Waals surface area contributed by atoms with Gasteiger partial charge in [0.2, 0.25) is 11.8 Å². The Bertz CT molecular complexity index is 971. The minimum atomic E-state index is -0.767. The Morgan fingerprint density at radius 3 is 2.52 bits per heavy atom. The molecule has 6 nitrogen and oxygen atoms in total. The van der Waals surface area contributed by atoms with E-state index < -0.39 is 11.8 Å². The number of H-pyrrole nitrogens is 1. The zero-order valence-corrected chi connectivity index (χ0v) is 13.1. The molecule has 0 bridgehead atoms. The van der Waals surface area contributed by atoms with Gasteiger partial charge in [0.1, 0.15) is 11.7 Å². The first kappa shape index (κ1) is 15.0. The Kier molecular flexibility index (Phi) is 3.47. The molecule has 2 unspecified atom stereocenters. The summed E-state index contributed by atoms with van der Waals surface area (Å²) in [6.07, 6.45) is 0. The number of rotatable bonds is 2. The first-order valence-electron chi connectivity index (χ1n) is 7.77. The number of aromatic amines is 1. The van der Waals surface area contributed by atoms with Crippen LogP contribution in [0.2, 0.25) is 0 Å². The molecule has 3 aromatic rings. The molecule has 1 aliphatic heterocycles. The van der Waals surface area contributed by atoms with Crippen LogP contribution in [0.5, 0.6) is 11.6 Å². The molecule has 4 rings (SSSR count). The van der Waals surface area contributed by atoms with E-state index >= 15 is 0 Å². The third-order valence-electron chi connectivity index (χ3n) is 4.36. The molecule has 0 spiro atoms. The molecule has 2 heterocycles. The van der Waals surface area contributed by atoms with E-state index in [-0.39, 0.29) is 11.6 Å². The normalized spacial score (nSPS) is 18.9. The lowest BCUT2D eigenvalue weighted by molar-refractivity contribution is 0.437. The topological polar surface area (TPSA) is 106 Å². The lowest BCUT2D eigenvalue weighted by Gasteiger charge is -2.28. The molecule has 0 fully saturated rings. The monoisotopic (exact) mass is 330 g/mol. The maximum atomic E-state index is 9.62. The maximum Gasteiger partial charge on any atom is 0.244 e. The van der Waals surface area contributed by atoms with Crippen molar-refractivity contribution >= 4 is 5.90 Å². The van der Waals surface area contributed by atoms with Crippen molar-refractivity contribution in [3.8, 4) is 29.0 Å². The number of phenols is 1. The summed E-state index contributed by atoms with van der Waals surface area (Å²) in [5, 5.41) is 34.4. The van der Waals surface area contributed by atoms with Crippen molar-refractivity contribution in [1.82, 2.24) is 10.2 Å². The van der Waals surface area contributed by atoms with Crippen LogP contribution in [-0.4, -0.2) is 21.2 Å². The van der Waals surface area contributed by atoms with Crippen LogP contribution in [0, 0.1) is 22.7 Å². The number of nitrogens with zero attached hydrogens (tertiary/aromatic N) is 2. The Balaban J connectivity index is 1.94. The van der Waals surface area contributed by atoms with Gasteiger partial charge in [-0.3, -0.25) is 10.5 Å². The first-order valence-corrected chi connectivity index (χ1v) is 7.77. The third-order valence-corrected chi connectivity index (χ3v) is 4.36. The second-order valence-corrected chi connectivity index (χ2v) is 5.83. The second-order valence-electron chi connectivity index (χ2n) is 5.83. The molecule has 0 aliphatic carbocycles. The molecule has 122 valence electrons. The summed E-state index contributed by atoms with van der Waals surface area (Å²) in [5.74, 6) is -0.837. The van der Waals surface area contributed by atoms with Gasteiger partial charge < -0.3 is 9.84 Å². The van der Waals surface area contributed by atoms with Gasteiger partial charge in [-0.2, -0.15) is 5.26 Å². The second kappa shape index (κ2) is 5.80. The Morgan fingerprint density at radius 1 is 1.12 bits per heavy atom. The van der Waals surface area contributed by atoms with E-state index in [4.69, 9.17) is 10.1 Å². The lowest BCUT2D eigenvalue weighted by atomic mass is 9.79. The fourth-order valence-electron chi connectivity index (χ4n) is 3.18. The van der Waals surface area contributed by atoms with Crippen LogP contribution in [0.4, 0.5) is 0 Å². The number of aromatic nitrogens is 2. The van der Waals surface area contributed by atoms with Gasteiger partial charge in [-0.1, -0.05) is 42.5 Å². The number of hydrogen-bond acceptors (Lipinski definition) is 5. The van der Waals surface area contributed by atoms with Crippen LogP contribution in [-0.2, 0) is 0 Å². The molecule has 1 aromatic heterocycles. The first-order chi connectivity index (χ1) is 12.2. The fourth-order valence-corrected chi connectivity index (χ4v) is 3.18. The van der Waals surface area contributed by atoms with Crippen molar-refractivity contribution < 1.29 is 9.84 Å². The molecule has 0 radical (unpaired) electrons. The number of nitriles is 1. The van der Waals surface area contributed by atoms with Crippen LogP contribution in [0.1, 0.15) is 17.0 Å². The van der Waals surface area contributed by atoms with E-state index in [1.165, 1.54) is 0 Å². The van der Waals surface area contributed by atoms with Crippen LogP contribution in [0.3, 0.4) is 0 Å². The van der Waals surface area contributed by atoms with Gasteiger partial charge in [0.15, 0.2) is 0 Å². The molecule has 0 amide bonds. The minimum absolute atomic E-state index is 0.126. The largest absolute Gasteiger partial charge is 0.508 e. The average molecular weight is 330 g/mol. The zero-order chi connectivity index (χ0) is 17.4. The quantitative estimate of drug-likeness (QED) is 0.669. The number of ether oxygens (including phenoxy) is 1. The highest BCUT2D eigenvalue weighted by atomic mass is 16.5. The summed E-state index contributed by atoms with van der Waals surface area (Å²) in [4.78, 5) is 0. The Hall–Kier alpha value is -3.59. The highest BCUT2D eigenvalue weighted by molar-refractivity contribution is 5.86. The number of fused-ring (bicyclic) bond motifs is 1. The summed E-state index contributed by atoms with van der Waals surface area (Å²) in [5.41, 5.74) is 3.26. The van der Waals surface area contributed by atoms with Crippen molar-refractivity contribution in [3.05, 3.63) is 65.7 Å². The molecule has 0 saturated heterocycles. The maximum absolute atomic E-state index is 9.62. The van der Waals surface area contributed by atoms with Gasteiger partial charge in [0, 0.05) is 5.92 Å². The predicted octanol–water partition coefficient (Wildman–Crippen LogP) is 3.42. The molecule has 0 saturated carbocycles. The SMILES string of the molecule is N#CC1C(=N)Oc2n[nH]c(-c3ccccc3)c2C1c1ccc(O)cc1. The number of hydrogen-bond donors (Lipinski definition) is 3. The van der Waals surface area contributed by atoms with E-state index in [1.54, 1.807) is 24.3 Å². The van der Waals surface area contributed by atoms with Gasteiger partial charge in [0.25, 0.3) is 0 Å². The Morgan fingerprint density at radius 2 is 1.84 bits per heavy atom. The predicted molar refractivity (Wildman–Crippen MR) is 91.4 cm³/mol. The summed E-state index contributed by atoms with van der Waals surface area (Å²) < 4.78 is 5.48. The van der Waals surface area contributed by atoms with E-state index in [0.29, 0.717) is 5.88 Å². The van der Waals surface area contributed by atoms with Crippen LogP contribution in [0.25, 0.3) is 11.3 Å². The van der Waals surface area contributed by atoms with E-state index in [0.717, 1.165) is 22.4 Å². The standard InChI is InChI=1S/C19H14N4O2/c20-10-14-15(11-6-8-13(24)9-7-11)16-17(12-4-2-1-3-5-12)22-23-19(16)25-18(14)21/h1-9,14-15,21,24H,(H,22,23). The van der Waals surface area contributed by atoms with Crippen molar-refractivity contribution in [2.75, 3.05) is 0 Å². The van der Waals surface area contributed by atoms with E-state index in [9.17, 15) is 10.4 Å². The van der Waals surface area contributed by atoms with E-state index in [2.05, 4.69) is 16.3 Å². The molecule has 6 heteroatoms. The van der Waals surface area contributed by atoms with Gasteiger partial charge in [-0.25, -0.2) is 0 Å². The van der Waals surface area contributed by atoms with Gasteiger partial charge in [-0.15, -0.1) is 5.10 Å². The number of benzene rings is 2. The van der Waals surface area contributed by atoms with Crippen molar-refractivity contribution in [1.29, 1.82) is 10.7 Å². The summed E-state index contributed by atoms with van der Waals surface area (Å²) in [6.45, 7) is 0. The molecular formula is C19H14N4O2. The fraction of sp³-hybridized carbons (Fsp3) is 0.105. The number of nitrogens with one attached hydrogen (secondary N) is 2. The van der Waals surface area contributed by atoms with Crippen LogP contribution < -0.4 is 4.74 Å². The molecule has 1 aliphatic rings. The minimum Gasteiger partial charge on any atom is -0.508 e. The Labute approximate surface area is 143 Å².